The topological polar surface area (TPSA) is 104 Å². The Hall–Kier alpha value is -1.90. The zero-order valence-electron chi connectivity index (χ0n) is 11.1. The predicted molar refractivity (Wildman–Crippen MR) is 76.8 cm³/mol. The maximum Gasteiger partial charge on any atom is 0.339 e. The summed E-state index contributed by atoms with van der Waals surface area (Å²) in [7, 11) is -7.90. The summed E-state index contributed by atoms with van der Waals surface area (Å²) in [6.45, 7) is 1.72. The van der Waals surface area contributed by atoms with E-state index in [1.54, 1.807) is 25.1 Å². The second-order valence-corrected chi connectivity index (χ2v) is 7.43. The van der Waals surface area contributed by atoms with Gasteiger partial charge in [-0.1, -0.05) is 18.2 Å². The highest BCUT2D eigenvalue weighted by Gasteiger charge is 2.18. The molecule has 0 saturated carbocycles. The molecule has 0 heterocycles. The van der Waals surface area contributed by atoms with E-state index in [2.05, 4.69) is 0 Å². The van der Waals surface area contributed by atoms with Gasteiger partial charge in [0.25, 0.3) is 0 Å². The van der Waals surface area contributed by atoms with Crippen LogP contribution in [0.15, 0.2) is 58.3 Å². The highest BCUT2D eigenvalue weighted by Crippen LogP contribution is 2.22. The van der Waals surface area contributed by atoms with Gasteiger partial charge in [0.15, 0.2) is 0 Å². The van der Waals surface area contributed by atoms with Crippen LogP contribution in [-0.2, 0) is 20.1 Å². The van der Waals surface area contributed by atoms with Gasteiger partial charge in [-0.3, -0.25) is 0 Å². The van der Waals surface area contributed by atoms with Gasteiger partial charge in [-0.25, -0.2) is 13.6 Å². The molecule has 21 heavy (non-hydrogen) atoms. The highest BCUT2D eigenvalue weighted by atomic mass is 32.2. The van der Waals surface area contributed by atoms with Crippen molar-refractivity contribution < 1.29 is 21.0 Å². The Labute approximate surface area is 123 Å². The molecular weight excluding hydrogens is 314 g/mol. The van der Waals surface area contributed by atoms with Crippen LogP contribution in [0.5, 0.6) is 5.75 Å². The zero-order chi connectivity index (χ0) is 15.7. The van der Waals surface area contributed by atoms with E-state index in [0.717, 1.165) is 24.3 Å². The van der Waals surface area contributed by atoms with Crippen LogP contribution in [0.4, 0.5) is 0 Å². The first kappa shape index (κ1) is 15.5. The van der Waals surface area contributed by atoms with Crippen molar-refractivity contribution in [2.75, 3.05) is 0 Å². The van der Waals surface area contributed by atoms with Gasteiger partial charge in [0, 0.05) is 0 Å². The minimum Gasteiger partial charge on any atom is -0.379 e. The summed E-state index contributed by atoms with van der Waals surface area (Å²) in [6.07, 6.45) is 0. The van der Waals surface area contributed by atoms with Gasteiger partial charge in [0.1, 0.15) is 10.6 Å². The fraction of sp³-hybridized carbons (Fsp3) is 0.0769. The Morgan fingerprint density at radius 2 is 1.38 bits per heavy atom. The molecule has 0 radical (unpaired) electrons. The molecular formula is C13H13NO5S2. The number of aryl methyl sites for hydroxylation is 1. The Bertz CT molecular complexity index is 856. The SMILES string of the molecule is Cc1ccccc1OS(=O)(=O)c1ccc(S(N)(=O)=O)cc1. The molecule has 0 spiro atoms. The van der Waals surface area contributed by atoms with E-state index in [0.29, 0.717) is 5.56 Å². The number of sulfonamides is 1. The molecule has 2 aromatic carbocycles. The van der Waals surface area contributed by atoms with Gasteiger partial charge < -0.3 is 4.18 Å². The Kier molecular flexibility index (Phi) is 4.04. The summed E-state index contributed by atoms with van der Waals surface area (Å²) in [4.78, 5) is -0.324. The third-order valence-corrected chi connectivity index (χ3v) is 4.91. The molecule has 0 fully saturated rings. The average molecular weight is 327 g/mol. The lowest BCUT2D eigenvalue weighted by molar-refractivity contribution is 0.484. The van der Waals surface area contributed by atoms with E-state index in [1.807, 2.05) is 0 Å². The monoisotopic (exact) mass is 327 g/mol. The fourth-order valence-electron chi connectivity index (χ4n) is 1.61. The molecule has 0 unspecified atom stereocenters. The molecule has 0 saturated heterocycles. The van der Waals surface area contributed by atoms with Crippen molar-refractivity contribution in [2.24, 2.45) is 5.14 Å². The Balaban J connectivity index is 2.35. The first-order chi connectivity index (χ1) is 9.70. The minimum absolute atomic E-state index is 0.154. The van der Waals surface area contributed by atoms with Crippen molar-refractivity contribution in [1.29, 1.82) is 0 Å². The maximum absolute atomic E-state index is 12.1. The molecule has 0 aliphatic heterocycles. The van der Waals surface area contributed by atoms with Crippen molar-refractivity contribution in [1.82, 2.24) is 0 Å². The fourth-order valence-corrected chi connectivity index (χ4v) is 3.12. The lowest BCUT2D eigenvalue weighted by Crippen LogP contribution is -2.13. The molecule has 0 amide bonds. The van der Waals surface area contributed by atoms with E-state index in [1.165, 1.54) is 6.07 Å². The molecule has 2 aromatic rings. The molecule has 8 heteroatoms. The number of hydrogen-bond donors (Lipinski definition) is 1. The minimum atomic E-state index is -4.03. The molecule has 0 aromatic heterocycles. The van der Waals surface area contributed by atoms with Crippen LogP contribution in [0.2, 0.25) is 0 Å². The third-order valence-electron chi connectivity index (χ3n) is 2.73. The first-order valence-corrected chi connectivity index (χ1v) is 8.78. The van der Waals surface area contributed by atoms with Crippen molar-refractivity contribution in [3.8, 4) is 5.75 Å². The smallest absolute Gasteiger partial charge is 0.339 e. The van der Waals surface area contributed by atoms with Gasteiger partial charge in [0.2, 0.25) is 10.0 Å². The van der Waals surface area contributed by atoms with Crippen LogP contribution >= 0.6 is 0 Å². The van der Waals surface area contributed by atoms with Crippen LogP contribution in [0, 0.1) is 6.92 Å². The second kappa shape index (κ2) is 5.47. The molecule has 0 aliphatic carbocycles. The Morgan fingerprint density at radius 1 is 0.857 bits per heavy atom. The molecule has 6 nitrogen and oxygen atoms in total. The zero-order valence-corrected chi connectivity index (χ0v) is 12.7. The van der Waals surface area contributed by atoms with E-state index in [4.69, 9.17) is 9.32 Å². The van der Waals surface area contributed by atoms with Crippen LogP contribution in [0.1, 0.15) is 5.56 Å². The summed E-state index contributed by atoms with van der Waals surface area (Å²) in [5.74, 6) is 0.216. The summed E-state index contributed by atoms with van der Waals surface area (Å²) >= 11 is 0. The molecule has 0 bridgehead atoms. The summed E-state index contributed by atoms with van der Waals surface area (Å²) in [5.41, 5.74) is 0.669. The normalized spacial score (nSPS) is 12.1. The van der Waals surface area contributed by atoms with Gasteiger partial charge in [-0.05, 0) is 42.8 Å². The largest absolute Gasteiger partial charge is 0.379 e. The highest BCUT2D eigenvalue weighted by molar-refractivity contribution is 7.89. The van der Waals surface area contributed by atoms with Crippen molar-refractivity contribution >= 4 is 20.1 Å². The molecule has 0 atom stereocenters. The lowest BCUT2D eigenvalue weighted by Gasteiger charge is -2.09. The van der Waals surface area contributed by atoms with Gasteiger partial charge in [0.05, 0.1) is 4.90 Å². The number of nitrogens with two attached hydrogens (primary N) is 1. The number of hydrogen-bond acceptors (Lipinski definition) is 5. The Morgan fingerprint density at radius 3 is 1.90 bits per heavy atom. The van der Waals surface area contributed by atoms with Crippen molar-refractivity contribution in [3.63, 3.8) is 0 Å². The van der Waals surface area contributed by atoms with Gasteiger partial charge in [-0.2, -0.15) is 8.42 Å². The van der Waals surface area contributed by atoms with E-state index < -0.39 is 20.1 Å². The first-order valence-electron chi connectivity index (χ1n) is 5.83. The summed E-state index contributed by atoms with van der Waals surface area (Å²) < 4.78 is 51.5. The molecule has 0 aliphatic rings. The summed E-state index contributed by atoms with van der Waals surface area (Å²) in [6, 6.07) is 11.2. The molecule has 112 valence electrons. The van der Waals surface area contributed by atoms with Crippen molar-refractivity contribution in [3.05, 3.63) is 54.1 Å². The average Bonchev–Trinajstić information content (AvgIpc) is 2.40. The molecule has 2 N–H and O–H groups in total. The van der Waals surface area contributed by atoms with E-state index >= 15 is 0 Å². The second-order valence-electron chi connectivity index (χ2n) is 4.32. The van der Waals surface area contributed by atoms with Crippen LogP contribution in [0.3, 0.4) is 0 Å². The lowest BCUT2D eigenvalue weighted by atomic mass is 10.2. The van der Waals surface area contributed by atoms with Crippen LogP contribution in [-0.4, -0.2) is 16.8 Å². The van der Waals surface area contributed by atoms with Crippen molar-refractivity contribution in [2.45, 2.75) is 16.7 Å². The van der Waals surface area contributed by atoms with Crippen LogP contribution < -0.4 is 9.32 Å². The number of benzene rings is 2. The predicted octanol–water partition coefficient (Wildman–Crippen LogP) is 1.41. The van der Waals surface area contributed by atoms with Gasteiger partial charge in [-0.15, -0.1) is 0 Å². The van der Waals surface area contributed by atoms with Gasteiger partial charge >= 0.3 is 10.1 Å². The molecule has 2 rings (SSSR count). The number of rotatable bonds is 4. The summed E-state index contributed by atoms with van der Waals surface area (Å²) in [5, 5.41) is 4.95. The standard InChI is InChI=1S/C13H13NO5S2/c1-10-4-2-3-5-13(10)19-21(17,18)12-8-6-11(7-9-12)20(14,15)16/h2-9H,1H3,(H2,14,15,16). The number of para-hydroxylation sites is 1. The quantitative estimate of drug-likeness (QED) is 0.855. The van der Waals surface area contributed by atoms with Crippen LogP contribution in [0.25, 0.3) is 0 Å². The number of primary sulfonamides is 1. The van der Waals surface area contributed by atoms with E-state index in [9.17, 15) is 16.8 Å². The van der Waals surface area contributed by atoms with E-state index in [-0.39, 0.29) is 15.5 Å². The third kappa shape index (κ3) is 3.60. The maximum atomic E-state index is 12.1.